The molecular weight excluding hydrogens is 475 g/mol. The summed E-state index contributed by atoms with van der Waals surface area (Å²) in [6.07, 6.45) is 0.663. The van der Waals surface area contributed by atoms with Crippen LogP contribution in [0.3, 0.4) is 0 Å². The maximum absolute atomic E-state index is 11.4. The third kappa shape index (κ3) is 5.45. The quantitative estimate of drug-likeness (QED) is 0.444. The molecule has 0 spiro atoms. The fraction of sp³-hybridized carbons (Fsp3) is 0.333. The minimum Gasteiger partial charge on any atom is -0.481 e. The number of benzene rings is 2. The van der Waals surface area contributed by atoms with Crippen LogP contribution in [0.1, 0.15) is 50.1 Å². The summed E-state index contributed by atoms with van der Waals surface area (Å²) in [5.74, 6) is -0.0742. The molecule has 0 radical (unpaired) electrons. The molecule has 1 heterocycles. The Morgan fingerprint density at radius 1 is 1.19 bits per heavy atom. The Morgan fingerprint density at radius 3 is 2.44 bits per heavy atom. The molecule has 2 aromatic carbocycles. The van der Waals surface area contributed by atoms with Crippen molar-refractivity contribution in [3.8, 4) is 0 Å². The Hall–Kier alpha value is -1.60. The van der Waals surface area contributed by atoms with Gasteiger partial charge in [0.25, 0.3) is 0 Å². The van der Waals surface area contributed by atoms with Crippen LogP contribution in [-0.4, -0.2) is 21.0 Å². The van der Waals surface area contributed by atoms with Crippen molar-refractivity contribution in [1.29, 1.82) is 0 Å². The van der Waals surface area contributed by atoms with Crippen LogP contribution in [0, 0.1) is 3.57 Å². The number of nitrogens with one attached hydrogen (secondary N) is 1. The van der Waals surface area contributed by atoms with Crippen LogP contribution in [0.5, 0.6) is 0 Å². The number of fused-ring (bicyclic) bond motifs is 1. The number of H-pyrrole nitrogens is 1. The van der Waals surface area contributed by atoms with E-state index in [0.29, 0.717) is 6.42 Å². The van der Waals surface area contributed by atoms with Gasteiger partial charge in [0.15, 0.2) is 0 Å². The Labute approximate surface area is 179 Å². The van der Waals surface area contributed by atoms with Crippen LogP contribution in [0.4, 0.5) is 0 Å². The number of carboxylic acids is 1. The molecule has 0 aliphatic heterocycles. The lowest BCUT2D eigenvalue weighted by molar-refractivity contribution is -0.137. The molecule has 1 unspecified atom stereocenters. The van der Waals surface area contributed by atoms with Crippen molar-refractivity contribution in [3.63, 3.8) is 0 Å². The highest BCUT2D eigenvalue weighted by Crippen LogP contribution is 2.28. The molecule has 144 valence electrons. The normalized spacial score (nSPS) is 12.6. The second-order valence-electron chi connectivity index (χ2n) is 7.72. The fourth-order valence-corrected chi connectivity index (χ4v) is 3.61. The molecule has 0 aliphatic carbocycles. The monoisotopic (exact) mass is 498 g/mol. The zero-order chi connectivity index (χ0) is 18.9. The molecule has 0 amide bonds. The van der Waals surface area contributed by atoms with Crippen LogP contribution < -0.4 is 0 Å². The van der Waals surface area contributed by atoms with Gasteiger partial charge in [0, 0.05) is 15.9 Å². The van der Waals surface area contributed by atoms with Crippen LogP contribution in [0.2, 0.25) is 0 Å². The van der Waals surface area contributed by atoms with Gasteiger partial charge in [0.05, 0.1) is 17.5 Å². The third-order valence-electron chi connectivity index (χ3n) is 4.60. The molecular formula is C21H24ClIN2O2. The summed E-state index contributed by atoms with van der Waals surface area (Å²) in [7, 11) is 0. The first-order valence-electron chi connectivity index (χ1n) is 8.69. The van der Waals surface area contributed by atoms with Crippen LogP contribution >= 0.6 is 35.0 Å². The summed E-state index contributed by atoms with van der Waals surface area (Å²) in [5, 5.41) is 9.35. The van der Waals surface area contributed by atoms with Gasteiger partial charge >= 0.3 is 5.97 Å². The lowest BCUT2D eigenvalue weighted by atomic mass is 9.84. The van der Waals surface area contributed by atoms with E-state index in [2.05, 4.69) is 77.6 Å². The predicted molar refractivity (Wildman–Crippen MR) is 120 cm³/mol. The Morgan fingerprint density at radius 2 is 1.85 bits per heavy atom. The van der Waals surface area contributed by atoms with Gasteiger partial charge in [-0.2, -0.15) is 0 Å². The number of nitrogens with zero attached hydrogens (tertiary/aromatic N) is 1. The van der Waals surface area contributed by atoms with Gasteiger partial charge in [0.1, 0.15) is 5.82 Å². The average molecular weight is 499 g/mol. The van der Waals surface area contributed by atoms with Crippen molar-refractivity contribution in [3.05, 3.63) is 63.0 Å². The van der Waals surface area contributed by atoms with Gasteiger partial charge in [0.2, 0.25) is 0 Å². The number of hydrogen-bond donors (Lipinski definition) is 2. The molecule has 3 aromatic rings. The first-order chi connectivity index (χ1) is 12.2. The van der Waals surface area contributed by atoms with Crippen molar-refractivity contribution >= 4 is 52.0 Å². The number of imidazole rings is 1. The Bertz CT molecular complexity index is 929. The summed E-state index contributed by atoms with van der Waals surface area (Å²) < 4.78 is 1.13. The molecule has 0 bridgehead atoms. The van der Waals surface area contributed by atoms with E-state index in [9.17, 15) is 9.90 Å². The topological polar surface area (TPSA) is 66.0 Å². The number of rotatable bonds is 5. The first-order valence-corrected chi connectivity index (χ1v) is 9.76. The molecule has 0 saturated carbocycles. The summed E-state index contributed by atoms with van der Waals surface area (Å²) in [6, 6.07) is 14.4. The minimum atomic E-state index is -0.791. The third-order valence-corrected chi connectivity index (χ3v) is 5.27. The second-order valence-corrected chi connectivity index (χ2v) is 8.96. The highest BCUT2D eigenvalue weighted by molar-refractivity contribution is 14.1. The summed E-state index contributed by atoms with van der Waals surface area (Å²) >= 11 is 2.27. The zero-order valence-electron chi connectivity index (χ0n) is 15.6. The fourth-order valence-electron chi connectivity index (χ4n) is 3.14. The van der Waals surface area contributed by atoms with Crippen LogP contribution in [0.15, 0.2) is 42.5 Å². The molecule has 1 atom stereocenters. The number of halogens is 2. The molecule has 2 N–H and O–H groups in total. The average Bonchev–Trinajstić information content (AvgIpc) is 2.94. The minimum absolute atomic E-state index is 0. The smallest absolute Gasteiger partial charge is 0.303 e. The molecule has 0 saturated heterocycles. The van der Waals surface area contributed by atoms with Crippen molar-refractivity contribution in [1.82, 2.24) is 9.97 Å². The van der Waals surface area contributed by atoms with E-state index in [4.69, 9.17) is 0 Å². The van der Waals surface area contributed by atoms with E-state index in [-0.39, 0.29) is 30.2 Å². The number of aliphatic carboxylic acids is 1. The maximum Gasteiger partial charge on any atom is 0.303 e. The number of hydrogen-bond acceptors (Lipinski definition) is 2. The second kappa shape index (κ2) is 8.61. The largest absolute Gasteiger partial charge is 0.481 e. The molecule has 0 aliphatic rings. The molecule has 4 nitrogen and oxygen atoms in total. The standard InChI is InChI=1S/C21H23IN2O2.ClH/c1-21(2,3)15-6-4-13(5-7-15)14(11-20(25)26)10-19-23-17-9-8-16(22)12-18(17)24-19;/h4-9,12,14H,10-11H2,1-3H3,(H,23,24)(H,25,26);1H. The lowest BCUT2D eigenvalue weighted by Gasteiger charge is -2.21. The molecule has 6 heteroatoms. The Kier molecular flexibility index (Phi) is 6.92. The van der Waals surface area contributed by atoms with Gasteiger partial charge in [-0.1, -0.05) is 45.0 Å². The number of carboxylic acid groups (broad SMARTS) is 1. The van der Waals surface area contributed by atoms with E-state index >= 15 is 0 Å². The maximum atomic E-state index is 11.4. The number of carbonyl (C=O) groups is 1. The Balaban J connectivity index is 0.00000261. The van der Waals surface area contributed by atoms with Gasteiger partial charge in [-0.25, -0.2) is 4.98 Å². The van der Waals surface area contributed by atoms with Crippen molar-refractivity contribution < 1.29 is 9.90 Å². The molecule has 0 fully saturated rings. The van der Waals surface area contributed by atoms with Gasteiger partial charge in [-0.15, -0.1) is 12.4 Å². The van der Waals surface area contributed by atoms with E-state index in [1.165, 1.54) is 5.56 Å². The van der Waals surface area contributed by atoms with E-state index in [1.54, 1.807) is 0 Å². The van der Waals surface area contributed by atoms with E-state index in [0.717, 1.165) is 26.0 Å². The first kappa shape index (κ1) is 21.7. The van der Waals surface area contributed by atoms with Crippen molar-refractivity contribution in [2.45, 2.75) is 44.9 Å². The number of aromatic nitrogens is 2. The van der Waals surface area contributed by atoms with Gasteiger partial charge in [-0.05, 0) is 57.3 Å². The highest BCUT2D eigenvalue weighted by Gasteiger charge is 2.20. The van der Waals surface area contributed by atoms with E-state index < -0.39 is 5.97 Å². The van der Waals surface area contributed by atoms with Crippen LogP contribution in [0.25, 0.3) is 11.0 Å². The highest BCUT2D eigenvalue weighted by atomic mass is 127. The summed E-state index contributed by atoms with van der Waals surface area (Å²) in [5.41, 5.74) is 4.27. The number of aromatic amines is 1. The summed E-state index contributed by atoms with van der Waals surface area (Å²) in [6.45, 7) is 6.52. The van der Waals surface area contributed by atoms with Crippen molar-refractivity contribution in [2.75, 3.05) is 0 Å². The van der Waals surface area contributed by atoms with Crippen LogP contribution in [-0.2, 0) is 16.6 Å². The van der Waals surface area contributed by atoms with Crippen molar-refractivity contribution in [2.24, 2.45) is 0 Å². The van der Waals surface area contributed by atoms with E-state index in [1.807, 2.05) is 18.2 Å². The summed E-state index contributed by atoms with van der Waals surface area (Å²) in [4.78, 5) is 19.4. The molecule has 1 aromatic heterocycles. The lowest BCUT2D eigenvalue weighted by Crippen LogP contribution is -2.13. The molecule has 3 rings (SSSR count). The SMILES string of the molecule is CC(C)(C)c1ccc(C(CC(=O)O)Cc2nc3cc(I)ccc3[nH]2)cc1.Cl. The predicted octanol–water partition coefficient (Wildman–Crippen LogP) is 5.69. The zero-order valence-corrected chi connectivity index (χ0v) is 18.6. The van der Waals surface area contributed by atoms with Gasteiger partial charge in [-0.3, -0.25) is 4.79 Å². The molecule has 27 heavy (non-hydrogen) atoms. The van der Waals surface area contributed by atoms with Gasteiger partial charge < -0.3 is 10.1 Å².